The molecule has 162 valence electrons. The number of nitrogens with zero attached hydrogens (tertiary/aromatic N) is 6. The molecule has 0 unspecified atom stereocenters. The lowest BCUT2D eigenvalue weighted by atomic mass is 10.1. The molecule has 4 aromatic rings. The number of aromatic nitrogens is 6. The summed E-state index contributed by atoms with van der Waals surface area (Å²) >= 11 is 0. The maximum absolute atomic E-state index is 5.43. The van der Waals surface area contributed by atoms with Gasteiger partial charge in [-0.05, 0) is 55.8 Å². The van der Waals surface area contributed by atoms with Gasteiger partial charge in [0.25, 0.3) is 0 Å². The predicted octanol–water partition coefficient (Wildman–Crippen LogP) is 3.85. The molecule has 8 heteroatoms. The van der Waals surface area contributed by atoms with E-state index in [1.165, 1.54) is 0 Å². The van der Waals surface area contributed by atoms with Gasteiger partial charge in [0, 0.05) is 18.7 Å². The zero-order chi connectivity index (χ0) is 22.5. The molecule has 4 rings (SSSR count). The molecule has 3 aromatic heterocycles. The van der Waals surface area contributed by atoms with Crippen LogP contribution in [0.1, 0.15) is 34.4 Å². The van der Waals surface area contributed by atoms with E-state index in [0.717, 1.165) is 22.8 Å². The third-order valence-electron chi connectivity index (χ3n) is 4.76. The lowest BCUT2D eigenvalue weighted by molar-refractivity contribution is 0.354. The molecule has 0 saturated heterocycles. The number of aryl methyl sites for hydroxylation is 2. The topological polar surface area (TPSA) is 87.8 Å². The molecule has 0 aliphatic rings. The minimum atomic E-state index is 0.559. The fraction of sp³-hybridized carbons (Fsp3) is 0.208. The molecule has 0 aliphatic heterocycles. The van der Waals surface area contributed by atoms with E-state index in [9.17, 15) is 0 Å². The van der Waals surface area contributed by atoms with Crippen molar-refractivity contribution in [2.24, 2.45) is 0 Å². The maximum atomic E-state index is 5.43. The normalized spacial score (nSPS) is 11.1. The molecule has 0 amide bonds. The average molecular weight is 428 g/mol. The second-order valence-corrected chi connectivity index (χ2v) is 7.14. The van der Waals surface area contributed by atoms with Gasteiger partial charge in [-0.3, -0.25) is 4.98 Å². The van der Waals surface area contributed by atoms with E-state index < -0.39 is 0 Å². The third-order valence-corrected chi connectivity index (χ3v) is 4.76. The number of hydrogen-bond donors (Lipinski definition) is 0. The first kappa shape index (κ1) is 21.2. The molecule has 1 aromatic carbocycles. The summed E-state index contributed by atoms with van der Waals surface area (Å²) in [5.41, 5.74) is 2.65. The summed E-state index contributed by atoms with van der Waals surface area (Å²) in [5.74, 6) is 4.11. The molecule has 0 spiro atoms. The first-order valence-electron chi connectivity index (χ1n) is 10.1. The van der Waals surface area contributed by atoms with Crippen molar-refractivity contribution >= 4 is 12.2 Å². The van der Waals surface area contributed by atoms with Crippen LogP contribution in [0.15, 0.2) is 48.7 Å². The molecule has 0 bridgehead atoms. The number of methoxy groups -OCH3 is 2. The van der Waals surface area contributed by atoms with Crippen molar-refractivity contribution in [3.63, 3.8) is 0 Å². The number of hydrogen-bond acceptors (Lipinski definition) is 7. The highest BCUT2D eigenvalue weighted by molar-refractivity contribution is 5.66. The Morgan fingerprint density at radius 1 is 0.844 bits per heavy atom. The molecule has 0 atom stereocenters. The number of pyridine rings is 1. The summed E-state index contributed by atoms with van der Waals surface area (Å²) < 4.78 is 12.5. The van der Waals surface area contributed by atoms with Crippen molar-refractivity contribution in [1.29, 1.82) is 0 Å². The van der Waals surface area contributed by atoms with Crippen molar-refractivity contribution < 1.29 is 9.47 Å². The SMILES string of the molecule is COc1ccc(Cc2nc(C)nn2-c2cc(/C=C/c3ccccn3)nc(C)n2)cc1OC. The molecule has 32 heavy (non-hydrogen) atoms. The van der Waals surface area contributed by atoms with Crippen LogP contribution >= 0.6 is 0 Å². The maximum Gasteiger partial charge on any atom is 0.161 e. The van der Waals surface area contributed by atoms with Gasteiger partial charge in [0.1, 0.15) is 17.5 Å². The van der Waals surface area contributed by atoms with E-state index in [1.807, 2.05) is 68.5 Å². The van der Waals surface area contributed by atoms with Crippen LogP contribution in [0.5, 0.6) is 11.5 Å². The predicted molar refractivity (Wildman–Crippen MR) is 122 cm³/mol. The zero-order valence-electron chi connectivity index (χ0n) is 18.5. The van der Waals surface area contributed by atoms with Crippen LogP contribution in [0.25, 0.3) is 18.0 Å². The monoisotopic (exact) mass is 428 g/mol. The Labute approximate surface area is 186 Å². The molecule has 3 heterocycles. The summed E-state index contributed by atoms with van der Waals surface area (Å²) in [6.45, 7) is 3.73. The third kappa shape index (κ3) is 4.80. The van der Waals surface area contributed by atoms with Gasteiger partial charge in [-0.2, -0.15) is 4.68 Å². The largest absolute Gasteiger partial charge is 0.493 e. The summed E-state index contributed by atoms with van der Waals surface area (Å²) in [5, 5.41) is 4.58. The first-order chi connectivity index (χ1) is 15.6. The standard InChI is InChI=1S/C24H24N6O2/c1-16-26-20(10-9-19-7-5-6-12-25-19)15-24(27-16)30-23(28-17(2)29-30)14-18-8-11-21(31-3)22(13-18)32-4/h5-13,15H,14H2,1-4H3/b10-9+. The fourth-order valence-corrected chi connectivity index (χ4v) is 3.34. The number of benzene rings is 1. The van der Waals surface area contributed by atoms with Gasteiger partial charge in [0.2, 0.25) is 0 Å². The van der Waals surface area contributed by atoms with Crippen molar-refractivity contribution in [2.75, 3.05) is 14.2 Å². The minimum absolute atomic E-state index is 0.559. The molecule has 8 nitrogen and oxygen atoms in total. The summed E-state index contributed by atoms with van der Waals surface area (Å²) in [4.78, 5) is 18.0. The Balaban J connectivity index is 1.66. The summed E-state index contributed by atoms with van der Waals surface area (Å²) in [6, 6.07) is 13.5. The molecule has 0 fully saturated rings. The average Bonchev–Trinajstić information content (AvgIpc) is 3.18. The van der Waals surface area contributed by atoms with Crippen LogP contribution < -0.4 is 9.47 Å². The highest BCUT2D eigenvalue weighted by Gasteiger charge is 2.14. The Morgan fingerprint density at radius 3 is 2.41 bits per heavy atom. The quantitative estimate of drug-likeness (QED) is 0.442. The molecular formula is C24H24N6O2. The zero-order valence-corrected chi connectivity index (χ0v) is 18.5. The van der Waals surface area contributed by atoms with Crippen LogP contribution in [-0.2, 0) is 6.42 Å². The molecule has 0 aliphatic carbocycles. The highest BCUT2D eigenvalue weighted by atomic mass is 16.5. The van der Waals surface area contributed by atoms with Gasteiger partial charge in [0.05, 0.1) is 25.6 Å². The van der Waals surface area contributed by atoms with Crippen molar-refractivity contribution in [1.82, 2.24) is 29.7 Å². The van der Waals surface area contributed by atoms with E-state index in [-0.39, 0.29) is 0 Å². The molecule has 0 N–H and O–H groups in total. The Bertz CT molecular complexity index is 1250. The second-order valence-electron chi connectivity index (χ2n) is 7.14. The van der Waals surface area contributed by atoms with Crippen LogP contribution in [-0.4, -0.2) is 43.9 Å². The van der Waals surface area contributed by atoms with Gasteiger partial charge in [0.15, 0.2) is 17.3 Å². The second kappa shape index (κ2) is 9.38. The van der Waals surface area contributed by atoms with E-state index in [2.05, 4.69) is 25.0 Å². The van der Waals surface area contributed by atoms with E-state index in [1.54, 1.807) is 25.1 Å². The fourth-order valence-electron chi connectivity index (χ4n) is 3.34. The van der Waals surface area contributed by atoms with Crippen molar-refractivity contribution in [3.8, 4) is 17.3 Å². The molecule has 0 saturated carbocycles. The molecular weight excluding hydrogens is 404 g/mol. The van der Waals surface area contributed by atoms with E-state index >= 15 is 0 Å². The molecule has 0 radical (unpaired) electrons. The van der Waals surface area contributed by atoms with Crippen LogP contribution in [0.4, 0.5) is 0 Å². The lowest BCUT2D eigenvalue weighted by Gasteiger charge is -2.10. The summed E-state index contributed by atoms with van der Waals surface area (Å²) in [6.07, 6.45) is 6.15. The smallest absolute Gasteiger partial charge is 0.161 e. The van der Waals surface area contributed by atoms with Crippen LogP contribution in [0, 0.1) is 13.8 Å². The number of rotatable bonds is 7. The van der Waals surface area contributed by atoms with Crippen LogP contribution in [0.3, 0.4) is 0 Å². The highest BCUT2D eigenvalue weighted by Crippen LogP contribution is 2.28. The Hall–Kier alpha value is -4.07. The van der Waals surface area contributed by atoms with Gasteiger partial charge < -0.3 is 9.47 Å². The number of ether oxygens (including phenoxy) is 2. The Morgan fingerprint density at radius 2 is 1.66 bits per heavy atom. The van der Waals surface area contributed by atoms with Gasteiger partial charge in [-0.25, -0.2) is 15.0 Å². The van der Waals surface area contributed by atoms with E-state index in [4.69, 9.17) is 9.47 Å². The van der Waals surface area contributed by atoms with E-state index in [0.29, 0.717) is 35.4 Å². The minimum Gasteiger partial charge on any atom is -0.493 e. The van der Waals surface area contributed by atoms with Crippen molar-refractivity contribution in [3.05, 3.63) is 83.1 Å². The Kier molecular flexibility index (Phi) is 6.21. The van der Waals surface area contributed by atoms with Crippen molar-refractivity contribution in [2.45, 2.75) is 20.3 Å². The van der Waals surface area contributed by atoms with Gasteiger partial charge in [-0.15, -0.1) is 5.10 Å². The first-order valence-corrected chi connectivity index (χ1v) is 10.1. The lowest BCUT2D eigenvalue weighted by Crippen LogP contribution is -2.08. The van der Waals surface area contributed by atoms with Gasteiger partial charge in [-0.1, -0.05) is 12.1 Å². The summed E-state index contributed by atoms with van der Waals surface area (Å²) in [7, 11) is 3.24. The van der Waals surface area contributed by atoms with Crippen LogP contribution in [0.2, 0.25) is 0 Å². The van der Waals surface area contributed by atoms with Gasteiger partial charge >= 0.3 is 0 Å².